The summed E-state index contributed by atoms with van der Waals surface area (Å²) in [7, 11) is 1.59. The third-order valence-electron chi connectivity index (χ3n) is 4.14. The standard InChI is InChI=1S/C18H27N3O3/c1-24-11-10-19-18(23)14-6-5-9-16(12-14)20-13-17(22)21-15-7-3-2-4-8-15/h5-6,9,12,15,20H,2-4,7-8,10-11,13H2,1H3,(H,19,23)(H,21,22). The smallest absolute Gasteiger partial charge is 0.251 e. The lowest BCUT2D eigenvalue weighted by Crippen LogP contribution is -2.39. The number of hydrogen-bond acceptors (Lipinski definition) is 4. The third-order valence-corrected chi connectivity index (χ3v) is 4.14. The topological polar surface area (TPSA) is 79.5 Å². The van der Waals surface area contributed by atoms with Gasteiger partial charge in [-0.15, -0.1) is 0 Å². The summed E-state index contributed by atoms with van der Waals surface area (Å²) in [4.78, 5) is 24.0. The Morgan fingerprint density at radius 3 is 2.75 bits per heavy atom. The molecule has 1 saturated carbocycles. The number of carbonyl (C=O) groups is 2. The highest BCUT2D eigenvalue weighted by atomic mass is 16.5. The molecule has 0 spiro atoms. The molecule has 0 radical (unpaired) electrons. The van der Waals surface area contributed by atoms with Crippen molar-refractivity contribution < 1.29 is 14.3 Å². The van der Waals surface area contributed by atoms with Gasteiger partial charge in [0, 0.05) is 30.9 Å². The number of hydrogen-bond donors (Lipinski definition) is 3. The van der Waals surface area contributed by atoms with E-state index in [4.69, 9.17) is 4.74 Å². The minimum atomic E-state index is -0.151. The Balaban J connectivity index is 1.78. The average molecular weight is 333 g/mol. The van der Waals surface area contributed by atoms with E-state index in [0.29, 0.717) is 24.8 Å². The van der Waals surface area contributed by atoms with Crippen molar-refractivity contribution >= 4 is 17.5 Å². The summed E-state index contributed by atoms with van der Waals surface area (Å²) in [5.74, 6) is -0.154. The van der Waals surface area contributed by atoms with Crippen LogP contribution in [0.1, 0.15) is 42.5 Å². The molecular formula is C18H27N3O3. The molecule has 6 nitrogen and oxygen atoms in total. The minimum absolute atomic E-state index is 0.00292. The van der Waals surface area contributed by atoms with Gasteiger partial charge in [-0.3, -0.25) is 9.59 Å². The second-order valence-electron chi connectivity index (χ2n) is 6.09. The largest absolute Gasteiger partial charge is 0.383 e. The fraction of sp³-hybridized carbons (Fsp3) is 0.556. The highest BCUT2D eigenvalue weighted by Crippen LogP contribution is 2.17. The van der Waals surface area contributed by atoms with Crippen molar-refractivity contribution in [3.63, 3.8) is 0 Å². The molecule has 1 aromatic rings. The van der Waals surface area contributed by atoms with Gasteiger partial charge >= 0.3 is 0 Å². The molecule has 0 aliphatic heterocycles. The van der Waals surface area contributed by atoms with E-state index in [1.165, 1.54) is 19.3 Å². The van der Waals surface area contributed by atoms with E-state index >= 15 is 0 Å². The van der Waals surface area contributed by atoms with Crippen LogP contribution in [0.15, 0.2) is 24.3 Å². The SMILES string of the molecule is COCCNC(=O)c1cccc(NCC(=O)NC2CCCCC2)c1. The maximum absolute atomic E-state index is 12.0. The highest BCUT2D eigenvalue weighted by Gasteiger charge is 2.15. The van der Waals surface area contributed by atoms with Gasteiger partial charge in [-0.25, -0.2) is 0 Å². The fourth-order valence-electron chi connectivity index (χ4n) is 2.85. The van der Waals surface area contributed by atoms with Gasteiger partial charge < -0.3 is 20.7 Å². The van der Waals surface area contributed by atoms with Crippen LogP contribution in [-0.2, 0) is 9.53 Å². The van der Waals surface area contributed by atoms with Crippen molar-refractivity contribution in [1.82, 2.24) is 10.6 Å². The molecule has 1 fully saturated rings. The summed E-state index contributed by atoms with van der Waals surface area (Å²) in [6, 6.07) is 7.45. The van der Waals surface area contributed by atoms with E-state index in [0.717, 1.165) is 18.5 Å². The van der Waals surface area contributed by atoms with E-state index in [9.17, 15) is 9.59 Å². The van der Waals surface area contributed by atoms with Crippen LogP contribution in [0.5, 0.6) is 0 Å². The van der Waals surface area contributed by atoms with Crippen LogP contribution >= 0.6 is 0 Å². The summed E-state index contributed by atoms with van der Waals surface area (Å²) in [6.07, 6.45) is 5.80. The molecule has 0 aromatic heterocycles. The molecule has 2 amide bonds. The molecule has 1 aliphatic rings. The second-order valence-corrected chi connectivity index (χ2v) is 6.09. The van der Waals surface area contributed by atoms with Gasteiger partial charge in [0.25, 0.3) is 5.91 Å². The van der Waals surface area contributed by atoms with Gasteiger partial charge in [0.1, 0.15) is 0 Å². The summed E-state index contributed by atoms with van der Waals surface area (Å²) in [6.45, 7) is 1.16. The van der Waals surface area contributed by atoms with Crippen molar-refractivity contribution in [3.05, 3.63) is 29.8 Å². The molecule has 1 aromatic carbocycles. The Morgan fingerprint density at radius 1 is 1.21 bits per heavy atom. The van der Waals surface area contributed by atoms with Crippen LogP contribution in [0.25, 0.3) is 0 Å². The van der Waals surface area contributed by atoms with Crippen molar-refractivity contribution in [1.29, 1.82) is 0 Å². The molecular weight excluding hydrogens is 306 g/mol. The third kappa shape index (κ3) is 6.20. The lowest BCUT2D eigenvalue weighted by molar-refractivity contribution is -0.120. The molecule has 0 unspecified atom stereocenters. The van der Waals surface area contributed by atoms with Crippen LogP contribution in [0.2, 0.25) is 0 Å². The first kappa shape index (κ1) is 18.3. The summed E-state index contributed by atoms with van der Waals surface area (Å²) >= 11 is 0. The maximum atomic E-state index is 12.0. The van der Waals surface area contributed by atoms with Crippen LogP contribution in [0, 0.1) is 0 Å². The van der Waals surface area contributed by atoms with E-state index in [1.54, 1.807) is 25.3 Å². The number of benzene rings is 1. The van der Waals surface area contributed by atoms with Crippen molar-refractivity contribution in [2.75, 3.05) is 32.1 Å². The number of methoxy groups -OCH3 is 1. The van der Waals surface area contributed by atoms with Crippen molar-refractivity contribution in [2.45, 2.75) is 38.1 Å². The Bertz CT molecular complexity index is 542. The van der Waals surface area contributed by atoms with Gasteiger partial charge in [-0.1, -0.05) is 25.3 Å². The Labute approximate surface area is 143 Å². The van der Waals surface area contributed by atoms with E-state index in [-0.39, 0.29) is 18.4 Å². The minimum Gasteiger partial charge on any atom is -0.383 e. The van der Waals surface area contributed by atoms with E-state index in [1.807, 2.05) is 6.07 Å². The maximum Gasteiger partial charge on any atom is 0.251 e. The molecule has 1 aliphatic carbocycles. The highest BCUT2D eigenvalue weighted by molar-refractivity contribution is 5.95. The molecule has 6 heteroatoms. The molecule has 0 bridgehead atoms. The number of anilines is 1. The predicted molar refractivity (Wildman–Crippen MR) is 94.2 cm³/mol. The zero-order valence-electron chi connectivity index (χ0n) is 14.3. The van der Waals surface area contributed by atoms with Crippen LogP contribution in [-0.4, -0.2) is 44.7 Å². The first-order valence-electron chi connectivity index (χ1n) is 8.59. The van der Waals surface area contributed by atoms with Gasteiger partial charge in [0.05, 0.1) is 13.2 Å². The lowest BCUT2D eigenvalue weighted by atomic mass is 9.95. The average Bonchev–Trinajstić information content (AvgIpc) is 2.61. The number of rotatable bonds is 8. The van der Waals surface area contributed by atoms with Crippen LogP contribution in [0.3, 0.4) is 0 Å². The summed E-state index contributed by atoms with van der Waals surface area (Å²) in [5.41, 5.74) is 1.32. The zero-order chi connectivity index (χ0) is 17.2. The Hall–Kier alpha value is -2.08. The molecule has 3 N–H and O–H groups in total. The summed E-state index contributed by atoms with van der Waals surface area (Å²) in [5, 5.41) is 8.92. The van der Waals surface area contributed by atoms with Crippen molar-refractivity contribution in [2.24, 2.45) is 0 Å². The van der Waals surface area contributed by atoms with Gasteiger partial charge in [-0.2, -0.15) is 0 Å². The quantitative estimate of drug-likeness (QED) is 0.635. The first-order chi connectivity index (χ1) is 11.7. The van der Waals surface area contributed by atoms with Crippen LogP contribution < -0.4 is 16.0 Å². The number of nitrogens with one attached hydrogen (secondary N) is 3. The van der Waals surface area contributed by atoms with Gasteiger partial charge in [0.15, 0.2) is 0 Å². The van der Waals surface area contributed by atoms with E-state index in [2.05, 4.69) is 16.0 Å². The van der Waals surface area contributed by atoms with Crippen LogP contribution in [0.4, 0.5) is 5.69 Å². The Morgan fingerprint density at radius 2 is 2.00 bits per heavy atom. The Kier molecular flexibility index (Phi) is 7.55. The predicted octanol–water partition coefficient (Wildman–Crippen LogP) is 1.92. The van der Waals surface area contributed by atoms with Gasteiger partial charge in [-0.05, 0) is 31.0 Å². The van der Waals surface area contributed by atoms with Gasteiger partial charge in [0.2, 0.25) is 5.91 Å². The monoisotopic (exact) mass is 333 g/mol. The molecule has 0 atom stereocenters. The summed E-state index contributed by atoms with van der Waals surface area (Å²) < 4.78 is 4.91. The number of ether oxygens (including phenoxy) is 1. The molecule has 24 heavy (non-hydrogen) atoms. The second kappa shape index (κ2) is 9.93. The zero-order valence-corrected chi connectivity index (χ0v) is 14.3. The van der Waals surface area contributed by atoms with Crippen molar-refractivity contribution in [3.8, 4) is 0 Å². The number of carbonyl (C=O) groups excluding carboxylic acids is 2. The normalized spacial score (nSPS) is 14.9. The molecule has 0 saturated heterocycles. The molecule has 132 valence electrons. The first-order valence-corrected chi connectivity index (χ1v) is 8.59. The van der Waals surface area contributed by atoms with E-state index < -0.39 is 0 Å². The fourth-order valence-corrected chi connectivity index (χ4v) is 2.85. The number of amides is 2. The molecule has 0 heterocycles. The lowest BCUT2D eigenvalue weighted by Gasteiger charge is -2.22. The molecule has 2 rings (SSSR count).